The molecule has 0 aliphatic carbocycles. The number of nitrogens with one attached hydrogen (secondary N) is 2. The molecule has 6 nitrogen and oxygen atoms in total. The van der Waals surface area contributed by atoms with Gasteiger partial charge in [-0.1, -0.05) is 0 Å². The molecule has 1 rings (SSSR count). The van der Waals surface area contributed by atoms with E-state index < -0.39 is 11.8 Å². The van der Waals surface area contributed by atoms with Crippen molar-refractivity contribution in [3.63, 3.8) is 0 Å². The number of rotatable bonds is 7. The molecule has 0 saturated carbocycles. The van der Waals surface area contributed by atoms with Crippen LogP contribution in [0.15, 0.2) is 16.8 Å². The molecule has 0 aromatic carbocycles. The fourth-order valence-corrected chi connectivity index (χ4v) is 2.39. The van der Waals surface area contributed by atoms with Gasteiger partial charge in [-0.2, -0.15) is 11.3 Å². The summed E-state index contributed by atoms with van der Waals surface area (Å²) in [5, 5.41) is 9.16. The Kier molecular flexibility index (Phi) is 7.21. The van der Waals surface area contributed by atoms with Gasteiger partial charge in [0.25, 0.3) is 0 Å². The standard InChI is InChI=1S/C13H21N3O3S/c1-16(2)11(10-4-7-20-9-10)8-15-13(18)12(17)14-5-6-19-3/h4,7,9,11H,5-6,8H2,1-3H3,(H,14,17)(H,15,18). The molecule has 1 aromatic heterocycles. The molecule has 0 saturated heterocycles. The van der Waals surface area contributed by atoms with Crippen molar-refractivity contribution in [2.24, 2.45) is 0 Å². The maximum absolute atomic E-state index is 11.7. The molecule has 0 aliphatic heterocycles. The average Bonchev–Trinajstić information content (AvgIpc) is 2.92. The Labute approximate surface area is 123 Å². The smallest absolute Gasteiger partial charge is 0.309 e. The number of thiophene rings is 1. The number of carbonyl (C=O) groups is 2. The Bertz CT molecular complexity index is 421. The van der Waals surface area contributed by atoms with Crippen molar-refractivity contribution in [3.05, 3.63) is 22.4 Å². The molecule has 7 heteroatoms. The summed E-state index contributed by atoms with van der Waals surface area (Å²) in [6.07, 6.45) is 0. The molecule has 112 valence electrons. The number of hydrogen-bond donors (Lipinski definition) is 2. The predicted octanol–water partition coefficient (Wildman–Crippen LogP) is 0.230. The van der Waals surface area contributed by atoms with Crippen LogP contribution in [-0.4, -0.2) is 57.6 Å². The van der Waals surface area contributed by atoms with Crippen molar-refractivity contribution in [1.82, 2.24) is 15.5 Å². The summed E-state index contributed by atoms with van der Waals surface area (Å²) < 4.78 is 4.80. The van der Waals surface area contributed by atoms with Gasteiger partial charge in [-0.25, -0.2) is 0 Å². The molecule has 0 radical (unpaired) electrons. The minimum Gasteiger partial charge on any atom is -0.383 e. The fraction of sp³-hybridized carbons (Fsp3) is 0.538. The molecule has 0 fully saturated rings. The topological polar surface area (TPSA) is 70.7 Å². The van der Waals surface area contributed by atoms with E-state index in [9.17, 15) is 9.59 Å². The Balaban J connectivity index is 2.43. The van der Waals surface area contributed by atoms with Gasteiger partial charge in [0, 0.05) is 20.2 Å². The van der Waals surface area contributed by atoms with E-state index in [-0.39, 0.29) is 6.04 Å². The first-order valence-electron chi connectivity index (χ1n) is 6.29. The quantitative estimate of drug-likeness (QED) is 0.558. The van der Waals surface area contributed by atoms with Crippen molar-refractivity contribution in [1.29, 1.82) is 0 Å². The second-order valence-electron chi connectivity index (χ2n) is 4.49. The third kappa shape index (κ3) is 5.28. The van der Waals surface area contributed by atoms with Crippen LogP contribution in [0, 0.1) is 0 Å². The van der Waals surface area contributed by atoms with Crippen LogP contribution in [0.3, 0.4) is 0 Å². The summed E-state index contributed by atoms with van der Waals surface area (Å²) >= 11 is 1.61. The summed E-state index contributed by atoms with van der Waals surface area (Å²) in [5.74, 6) is -1.26. The second kappa shape index (κ2) is 8.68. The highest BCUT2D eigenvalue weighted by Crippen LogP contribution is 2.19. The van der Waals surface area contributed by atoms with Crippen LogP contribution in [0.5, 0.6) is 0 Å². The van der Waals surface area contributed by atoms with Gasteiger partial charge in [-0.15, -0.1) is 0 Å². The molecule has 0 bridgehead atoms. The number of amides is 2. The van der Waals surface area contributed by atoms with Crippen molar-refractivity contribution in [2.45, 2.75) is 6.04 Å². The molecule has 20 heavy (non-hydrogen) atoms. The minimum absolute atomic E-state index is 0.0528. The molecule has 1 atom stereocenters. The molecule has 2 amide bonds. The highest BCUT2D eigenvalue weighted by atomic mass is 32.1. The summed E-state index contributed by atoms with van der Waals surface area (Å²) in [7, 11) is 5.41. The van der Waals surface area contributed by atoms with Gasteiger partial charge in [0.1, 0.15) is 0 Å². The Morgan fingerprint density at radius 2 is 2.05 bits per heavy atom. The summed E-state index contributed by atoms with van der Waals surface area (Å²) in [5.41, 5.74) is 1.13. The van der Waals surface area contributed by atoms with E-state index in [2.05, 4.69) is 10.6 Å². The molecule has 0 spiro atoms. The van der Waals surface area contributed by atoms with E-state index in [1.807, 2.05) is 35.8 Å². The van der Waals surface area contributed by atoms with Gasteiger partial charge in [-0.05, 0) is 36.5 Å². The Morgan fingerprint density at radius 3 is 2.60 bits per heavy atom. The normalized spacial score (nSPS) is 12.2. The third-order valence-corrected chi connectivity index (χ3v) is 3.51. The maximum atomic E-state index is 11.7. The first-order valence-corrected chi connectivity index (χ1v) is 7.24. The first kappa shape index (κ1) is 16.6. The lowest BCUT2D eigenvalue weighted by molar-refractivity contribution is -0.139. The van der Waals surface area contributed by atoms with Gasteiger partial charge in [0.15, 0.2) is 0 Å². The van der Waals surface area contributed by atoms with E-state index in [0.29, 0.717) is 19.7 Å². The lowest BCUT2D eigenvalue weighted by atomic mass is 10.1. The summed E-state index contributed by atoms with van der Waals surface area (Å²) in [6.45, 7) is 1.10. The number of carbonyl (C=O) groups excluding carboxylic acids is 2. The molecule has 1 heterocycles. The number of ether oxygens (including phenoxy) is 1. The van der Waals surface area contributed by atoms with Crippen molar-refractivity contribution in [2.75, 3.05) is 40.9 Å². The van der Waals surface area contributed by atoms with Crippen LogP contribution in [-0.2, 0) is 14.3 Å². The largest absolute Gasteiger partial charge is 0.383 e. The van der Waals surface area contributed by atoms with E-state index in [4.69, 9.17) is 4.74 Å². The Hall–Kier alpha value is -1.44. The zero-order valence-electron chi connectivity index (χ0n) is 12.0. The average molecular weight is 299 g/mol. The maximum Gasteiger partial charge on any atom is 0.309 e. The third-order valence-electron chi connectivity index (χ3n) is 2.81. The van der Waals surface area contributed by atoms with E-state index >= 15 is 0 Å². The fourth-order valence-electron chi connectivity index (χ4n) is 1.68. The zero-order valence-corrected chi connectivity index (χ0v) is 12.8. The van der Waals surface area contributed by atoms with Gasteiger partial charge < -0.3 is 20.3 Å². The molecular weight excluding hydrogens is 278 g/mol. The monoisotopic (exact) mass is 299 g/mol. The second-order valence-corrected chi connectivity index (χ2v) is 5.27. The number of likely N-dealkylation sites (N-methyl/N-ethyl adjacent to an activating group) is 1. The number of hydrogen-bond acceptors (Lipinski definition) is 5. The molecule has 1 unspecified atom stereocenters. The van der Waals surface area contributed by atoms with Crippen LogP contribution in [0.4, 0.5) is 0 Å². The molecular formula is C13H21N3O3S. The lowest BCUT2D eigenvalue weighted by Crippen LogP contribution is -2.43. The number of methoxy groups -OCH3 is 1. The highest BCUT2D eigenvalue weighted by Gasteiger charge is 2.18. The molecule has 2 N–H and O–H groups in total. The van der Waals surface area contributed by atoms with Crippen LogP contribution in [0.2, 0.25) is 0 Å². The van der Waals surface area contributed by atoms with Crippen molar-refractivity contribution in [3.8, 4) is 0 Å². The van der Waals surface area contributed by atoms with Gasteiger partial charge in [0.05, 0.1) is 12.6 Å². The predicted molar refractivity (Wildman–Crippen MR) is 78.6 cm³/mol. The first-order chi connectivity index (χ1) is 9.56. The van der Waals surface area contributed by atoms with Crippen molar-refractivity contribution < 1.29 is 14.3 Å². The van der Waals surface area contributed by atoms with Crippen LogP contribution < -0.4 is 10.6 Å². The highest BCUT2D eigenvalue weighted by molar-refractivity contribution is 7.07. The van der Waals surface area contributed by atoms with Gasteiger partial charge in [0.2, 0.25) is 0 Å². The van der Waals surface area contributed by atoms with E-state index in [0.717, 1.165) is 5.56 Å². The van der Waals surface area contributed by atoms with Crippen molar-refractivity contribution >= 4 is 23.2 Å². The zero-order chi connectivity index (χ0) is 15.0. The molecule has 0 aliphatic rings. The lowest BCUT2D eigenvalue weighted by Gasteiger charge is -2.23. The van der Waals surface area contributed by atoms with Gasteiger partial charge in [-0.3, -0.25) is 9.59 Å². The SMILES string of the molecule is COCCNC(=O)C(=O)NCC(c1ccsc1)N(C)C. The van der Waals surface area contributed by atoms with Crippen LogP contribution >= 0.6 is 11.3 Å². The molecule has 1 aromatic rings. The van der Waals surface area contributed by atoms with Crippen LogP contribution in [0.25, 0.3) is 0 Å². The van der Waals surface area contributed by atoms with E-state index in [1.54, 1.807) is 11.3 Å². The summed E-state index contributed by atoms with van der Waals surface area (Å²) in [6, 6.07) is 2.07. The number of nitrogens with zero attached hydrogens (tertiary/aromatic N) is 1. The van der Waals surface area contributed by atoms with Crippen LogP contribution in [0.1, 0.15) is 11.6 Å². The minimum atomic E-state index is -0.634. The van der Waals surface area contributed by atoms with E-state index in [1.165, 1.54) is 7.11 Å². The summed E-state index contributed by atoms with van der Waals surface area (Å²) in [4.78, 5) is 25.2. The Morgan fingerprint density at radius 1 is 1.35 bits per heavy atom. The van der Waals surface area contributed by atoms with Gasteiger partial charge >= 0.3 is 11.8 Å².